The molecule has 1 aromatic rings. The highest BCUT2D eigenvalue weighted by atomic mass is 16.3. The fourth-order valence-electron chi connectivity index (χ4n) is 2.17. The minimum atomic E-state index is -0.275. The third-order valence-electron chi connectivity index (χ3n) is 3.88. The summed E-state index contributed by atoms with van der Waals surface area (Å²) in [5.41, 5.74) is -0.163. The van der Waals surface area contributed by atoms with Crippen molar-refractivity contribution < 1.29 is 5.11 Å². The number of nitrogens with zero attached hydrogens (tertiary/aromatic N) is 4. The van der Waals surface area contributed by atoms with Gasteiger partial charge in [-0.2, -0.15) is 15.0 Å². The van der Waals surface area contributed by atoms with Crippen LogP contribution >= 0.6 is 0 Å². The molecule has 2 atom stereocenters. The minimum Gasteiger partial charge on any atom is -0.392 e. The molecule has 20 heavy (non-hydrogen) atoms. The number of aliphatic hydroxyl groups excluding tert-OH is 1. The van der Waals surface area contributed by atoms with Gasteiger partial charge in [0.05, 0.1) is 6.10 Å². The zero-order valence-corrected chi connectivity index (χ0v) is 12.8. The second-order valence-corrected chi connectivity index (χ2v) is 5.98. The summed E-state index contributed by atoms with van der Waals surface area (Å²) in [4.78, 5) is 14.9. The molecule has 1 saturated carbocycles. The number of aliphatic hydroxyl groups is 1. The van der Waals surface area contributed by atoms with Gasteiger partial charge in [0.1, 0.15) is 0 Å². The molecule has 112 valence electrons. The van der Waals surface area contributed by atoms with Gasteiger partial charge in [-0.1, -0.05) is 13.8 Å². The molecule has 7 nitrogen and oxygen atoms in total. The van der Waals surface area contributed by atoms with Crippen molar-refractivity contribution in [1.82, 2.24) is 15.0 Å². The van der Waals surface area contributed by atoms with E-state index in [1.807, 2.05) is 39.8 Å². The summed E-state index contributed by atoms with van der Waals surface area (Å²) >= 11 is 0. The van der Waals surface area contributed by atoms with E-state index in [1.165, 1.54) is 0 Å². The predicted molar refractivity (Wildman–Crippen MR) is 80.1 cm³/mol. The summed E-state index contributed by atoms with van der Waals surface area (Å²) in [6.45, 7) is 6.83. The van der Waals surface area contributed by atoms with Crippen molar-refractivity contribution in [3.8, 4) is 0 Å². The van der Waals surface area contributed by atoms with Gasteiger partial charge in [0.15, 0.2) is 0 Å². The molecule has 0 aromatic carbocycles. The maximum atomic E-state index is 9.79. The van der Waals surface area contributed by atoms with Crippen molar-refractivity contribution in [2.75, 3.05) is 36.2 Å². The van der Waals surface area contributed by atoms with Crippen molar-refractivity contribution in [2.45, 2.75) is 39.3 Å². The Kier molecular flexibility index (Phi) is 3.99. The van der Waals surface area contributed by atoms with Crippen LogP contribution in [0.4, 0.5) is 17.8 Å². The number of rotatable bonds is 5. The first-order valence-corrected chi connectivity index (χ1v) is 6.96. The van der Waals surface area contributed by atoms with Gasteiger partial charge in [-0.15, -0.1) is 0 Å². The smallest absolute Gasteiger partial charge is 0.231 e. The Morgan fingerprint density at radius 3 is 2.40 bits per heavy atom. The Morgan fingerprint density at radius 1 is 1.25 bits per heavy atom. The monoisotopic (exact) mass is 280 g/mol. The molecule has 1 aromatic heterocycles. The molecule has 1 aliphatic carbocycles. The van der Waals surface area contributed by atoms with Crippen LogP contribution in [0.3, 0.4) is 0 Å². The van der Waals surface area contributed by atoms with E-state index in [4.69, 9.17) is 0 Å². The zero-order chi connectivity index (χ0) is 14.9. The van der Waals surface area contributed by atoms with E-state index >= 15 is 0 Å². The second-order valence-electron chi connectivity index (χ2n) is 5.98. The zero-order valence-electron chi connectivity index (χ0n) is 12.8. The maximum absolute atomic E-state index is 9.79. The molecule has 3 N–H and O–H groups in total. The lowest BCUT2D eigenvalue weighted by atomic mass is 9.65. The molecule has 0 aliphatic heterocycles. The highest BCUT2D eigenvalue weighted by molar-refractivity contribution is 5.44. The summed E-state index contributed by atoms with van der Waals surface area (Å²) in [5.74, 6) is 1.71. The quantitative estimate of drug-likeness (QED) is 0.740. The molecule has 1 fully saturated rings. The molecule has 7 heteroatoms. The number of anilines is 3. The molecule has 0 saturated heterocycles. The van der Waals surface area contributed by atoms with E-state index in [1.54, 1.807) is 0 Å². The maximum Gasteiger partial charge on any atom is 0.231 e. The summed E-state index contributed by atoms with van der Waals surface area (Å²) in [5, 5.41) is 16.2. The number of hydrogen-bond donors (Lipinski definition) is 3. The largest absolute Gasteiger partial charge is 0.392 e. The van der Waals surface area contributed by atoms with Gasteiger partial charge < -0.3 is 20.6 Å². The lowest BCUT2D eigenvalue weighted by molar-refractivity contribution is -0.0512. The number of hydrogen-bond acceptors (Lipinski definition) is 7. The van der Waals surface area contributed by atoms with Gasteiger partial charge >= 0.3 is 0 Å². The van der Waals surface area contributed by atoms with Crippen molar-refractivity contribution in [3.05, 3.63) is 0 Å². The molecule has 2 unspecified atom stereocenters. The van der Waals surface area contributed by atoms with Crippen LogP contribution in [-0.2, 0) is 0 Å². The van der Waals surface area contributed by atoms with Gasteiger partial charge in [0.25, 0.3) is 0 Å². The summed E-state index contributed by atoms with van der Waals surface area (Å²) in [6.07, 6.45) is 0.440. The molecule has 1 aliphatic rings. The Labute approximate surface area is 119 Å². The molecule has 0 radical (unpaired) electrons. The molecular formula is C13H24N6O. The molecule has 1 heterocycles. The van der Waals surface area contributed by atoms with E-state index in [2.05, 4.69) is 25.6 Å². The van der Waals surface area contributed by atoms with Crippen LogP contribution in [0, 0.1) is 5.41 Å². The van der Waals surface area contributed by atoms with Crippen molar-refractivity contribution >= 4 is 17.8 Å². The summed E-state index contributed by atoms with van der Waals surface area (Å²) in [7, 11) is 3.79. The third kappa shape index (κ3) is 2.77. The SMILES string of the molecule is CCNc1nc(NC2CC(O)C2(C)C)nc(N(C)C)n1. The highest BCUT2D eigenvalue weighted by Crippen LogP contribution is 2.41. The van der Waals surface area contributed by atoms with Crippen LogP contribution in [-0.4, -0.2) is 52.8 Å². The minimum absolute atomic E-state index is 0.163. The van der Waals surface area contributed by atoms with E-state index in [0.29, 0.717) is 24.3 Å². The average Bonchev–Trinajstić information content (AvgIpc) is 2.38. The van der Waals surface area contributed by atoms with E-state index in [9.17, 15) is 5.11 Å². The Hall–Kier alpha value is -1.63. The molecule has 2 rings (SSSR count). The highest BCUT2D eigenvalue weighted by Gasteiger charge is 2.47. The average molecular weight is 280 g/mol. The van der Waals surface area contributed by atoms with Gasteiger partial charge in [0, 0.05) is 32.1 Å². The van der Waals surface area contributed by atoms with Crippen molar-refractivity contribution in [2.24, 2.45) is 5.41 Å². The fourth-order valence-corrected chi connectivity index (χ4v) is 2.17. The lowest BCUT2D eigenvalue weighted by Gasteiger charge is -2.49. The first-order valence-electron chi connectivity index (χ1n) is 6.96. The van der Waals surface area contributed by atoms with Crippen molar-refractivity contribution in [3.63, 3.8) is 0 Å². The molecular weight excluding hydrogens is 256 g/mol. The van der Waals surface area contributed by atoms with Crippen molar-refractivity contribution in [1.29, 1.82) is 0 Å². The molecule has 0 amide bonds. The summed E-state index contributed by atoms with van der Waals surface area (Å²) in [6, 6.07) is 0.171. The first-order chi connectivity index (χ1) is 9.34. The van der Waals surface area contributed by atoms with E-state index in [0.717, 1.165) is 6.54 Å². The van der Waals surface area contributed by atoms with E-state index < -0.39 is 0 Å². The lowest BCUT2D eigenvalue weighted by Crippen LogP contribution is -2.57. The molecule has 0 bridgehead atoms. The van der Waals surface area contributed by atoms with Crippen LogP contribution in [0.1, 0.15) is 27.2 Å². The van der Waals surface area contributed by atoms with E-state index in [-0.39, 0.29) is 17.6 Å². The third-order valence-corrected chi connectivity index (χ3v) is 3.88. The normalized spacial score (nSPS) is 23.9. The topological polar surface area (TPSA) is 86.2 Å². The second kappa shape index (κ2) is 5.40. The first kappa shape index (κ1) is 14.8. The van der Waals surface area contributed by atoms with Crippen LogP contribution in [0.15, 0.2) is 0 Å². The predicted octanol–water partition coefficient (Wildman–Crippen LogP) is 0.941. The molecule has 0 spiro atoms. The van der Waals surface area contributed by atoms with Gasteiger partial charge in [0.2, 0.25) is 17.8 Å². The van der Waals surface area contributed by atoms with Crippen LogP contribution in [0.5, 0.6) is 0 Å². The van der Waals surface area contributed by atoms with Crippen LogP contribution < -0.4 is 15.5 Å². The number of nitrogens with one attached hydrogen (secondary N) is 2. The Morgan fingerprint density at radius 2 is 1.90 bits per heavy atom. The van der Waals surface area contributed by atoms with Crippen LogP contribution in [0.2, 0.25) is 0 Å². The van der Waals surface area contributed by atoms with Gasteiger partial charge in [-0.05, 0) is 13.3 Å². The standard InChI is InChI=1S/C13H24N6O/c1-6-14-10-16-11(18-12(17-10)19(4)5)15-8-7-9(20)13(8,2)3/h8-9,20H,6-7H2,1-5H3,(H2,14,15,16,17,18). The van der Waals surface area contributed by atoms with Gasteiger partial charge in [-0.25, -0.2) is 0 Å². The number of aromatic nitrogens is 3. The Bertz CT molecular complexity index is 476. The summed E-state index contributed by atoms with van der Waals surface area (Å²) < 4.78 is 0. The Balaban J connectivity index is 2.18. The van der Waals surface area contributed by atoms with Crippen LogP contribution in [0.25, 0.3) is 0 Å². The van der Waals surface area contributed by atoms with Gasteiger partial charge in [-0.3, -0.25) is 0 Å². The fraction of sp³-hybridized carbons (Fsp3) is 0.769.